The van der Waals surface area contributed by atoms with Gasteiger partial charge in [0.25, 0.3) is 5.89 Å². The molecular weight excluding hydrogens is 308 g/mol. The number of oxazole rings is 1. The maximum absolute atomic E-state index is 5.80. The number of hydrogen-bond acceptors (Lipinski definition) is 7. The summed E-state index contributed by atoms with van der Waals surface area (Å²) in [6, 6.07) is 4.01. The first-order chi connectivity index (χ1) is 11.6. The quantitative estimate of drug-likeness (QED) is 0.724. The van der Waals surface area contributed by atoms with Crippen LogP contribution in [0.4, 0.5) is 0 Å². The molecule has 4 heterocycles. The minimum Gasteiger partial charge on any atom is -0.456 e. The van der Waals surface area contributed by atoms with Gasteiger partial charge in [-0.25, -0.2) is 9.61 Å². The van der Waals surface area contributed by atoms with E-state index in [0.29, 0.717) is 18.2 Å². The van der Waals surface area contributed by atoms with Gasteiger partial charge in [-0.05, 0) is 52.3 Å². The van der Waals surface area contributed by atoms with Crippen molar-refractivity contribution in [3.63, 3.8) is 0 Å². The maximum Gasteiger partial charge on any atom is 0.263 e. The van der Waals surface area contributed by atoms with Crippen LogP contribution in [0, 0.1) is 20.8 Å². The molecule has 3 aromatic heterocycles. The van der Waals surface area contributed by atoms with E-state index in [0.717, 1.165) is 48.0 Å². The Bertz CT molecular complexity index is 848. The van der Waals surface area contributed by atoms with Crippen LogP contribution in [-0.4, -0.2) is 26.7 Å². The number of rotatable bonds is 4. The molecule has 0 N–H and O–H groups in total. The summed E-state index contributed by atoms with van der Waals surface area (Å²) < 4.78 is 16.3. The molecule has 3 aromatic rings. The maximum atomic E-state index is 5.80. The van der Waals surface area contributed by atoms with Crippen molar-refractivity contribution in [3.8, 4) is 11.7 Å². The molecule has 24 heavy (non-hydrogen) atoms. The van der Waals surface area contributed by atoms with Gasteiger partial charge < -0.3 is 8.83 Å². The molecule has 0 unspecified atom stereocenters. The van der Waals surface area contributed by atoms with Gasteiger partial charge in [0.15, 0.2) is 5.76 Å². The minimum atomic E-state index is 0.224. The highest BCUT2D eigenvalue weighted by atomic mass is 16.6. The lowest BCUT2D eigenvalue weighted by atomic mass is 10.1. The zero-order valence-corrected chi connectivity index (χ0v) is 14.1. The molecule has 1 saturated heterocycles. The third-order valence-corrected chi connectivity index (χ3v) is 4.56. The Balaban J connectivity index is 1.57. The molecule has 0 aliphatic carbocycles. The van der Waals surface area contributed by atoms with E-state index in [-0.39, 0.29) is 6.04 Å². The normalized spacial score (nSPS) is 18.5. The molecule has 0 aromatic carbocycles. The van der Waals surface area contributed by atoms with E-state index in [9.17, 15) is 0 Å². The van der Waals surface area contributed by atoms with Crippen molar-refractivity contribution in [3.05, 3.63) is 40.7 Å². The molecule has 0 spiro atoms. The van der Waals surface area contributed by atoms with Crippen LogP contribution in [0.3, 0.4) is 0 Å². The van der Waals surface area contributed by atoms with Crippen molar-refractivity contribution in [2.45, 2.75) is 46.2 Å². The van der Waals surface area contributed by atoms with Gasteiger partial charge in [-0.2, -0.15) is 0 Å². The topological polar surface area (TPSA) is 81.3 Å². The highest BCUT2D eigenvalue weighted by Crippen LogP contribution is 2.34. The third-order valence-electron chi connectivity index (χ3n) is 4.56. The molecule has 1 atom stereocenters. The van der Waals surface area contributed by atoms with E-state index in [4.69, 9.17) is 13.5 Å². The van der Waals surface area contributed by atoms with Crippen LogP contribution in [0.1, 0.15) is 47.5 Å². The van der Waals surface area contributed by atoms with E-state index in [1.165, 1.54) is 0 Å². The predicted molar refractivity (Wildman–Crippen MR) is 85.1 cm³/mol. The van der Waals surface area contributed by atoms with Crippen LogP contribution >= 0.6 is 0 Å². The molecular formula is C17H20N4O3. The molecule has 7 nitrogen and oxygen atoms in total. The Morgan fingerprint density at radius 2 is 2.04 bits per heavy atom. The lowest BCUT2D eigenvalue weighted by Gasteiger charge is -2.21. The Hall–Kier alpha value is -2.41. The zero-order valence-electron chi connectivity index (χ0n) is 14.1. The predicted octanol–water partition coefficient (Wildman–Crippen LogP) is 3.58. The summed E-state index contributed by atoms with van der Waals surface area (Å²) in [6.07, 6.45) is 2.17. The van der Waals surface area contributed by atoms with E-state index >= 15 is 0 Å². The van der Waals surface area contributed by atoms with Gasteiger partial charge in [0.05, 0.1) is 11.7 Å². The SMILES string of the molecule is Cc1ccc(-c2nc(CN3CCC[C@H]3c3nonc3C)c(C)o2)o1. The standard InChI is InChI=1S/C17H20N4O3/c1-10-6-7-15(22-10)17-18-13(12(3)23-17)9-21-8-4-5-14(21)16-11(2)19-24-20-16/h6-7,14H,4-5,8-9H2,1-3H3/t14-/m0/s1. The fraction of sp³-hybridized carbons (Fsp3) is 0.471. The minimum absolute atomic E-state index is 0.224. The summed E-state index contributed by atoms with van der Waals surface area (Å²) in [6.45, 7) is 7.49. The molecule has 4 rings (SSSR count). The number of aryl methyl sites for hydroxylation is 3. The first kappa shape index (κ1) is 15.1. The van der Waals surface area contributed by atoms with Gasteiger partial charge in [-0.3, -0.25) is 4.90 Å². The molecule has 0 amide bonds. The molecule has 1 fully saturated rings. The first-order valence-electron chi connectivity index (χ1n) is 8.18. The smallest absolute Gasteiger partial charge is 0.263 e. The Morgan fingerprint density at radius 3 is 2.75 bits per heavy atom. The molecule has 126 valence electrons. The van der Waals surface area contributed by atoms with Crippen LogP contribution in [0.15, 0.2) is 25.6 Å². The molecule has 0 radical (unpaired) electrons. The summed E-state index contributed by atoms with van der Waals surface area (Å²) in [4.78, 5) is 6.99. The highest BCUT2D eigenvalue weighted by Gasteiger charge is 2.31. The largest absolute Gasteiger partial charge is 0.456 e. The molecule has 7 heteroatoms. The summed E-state index contributed by atoms with van der Waals surface area (Å²) in [5.41, 5.74) is 2.71. The second-order valence-electron chi connectivity index (χ2n) is 6.30. The number of nitrogens with zero attached hydrogens (tertiary/aromatic N) is 4. The molecule has 1 aliphatic rings. The number of likely N-dealkylation sites (tertiary alicyclic amines) is 1. The average Bonchev–Trinajstić information content (AvgIpc) is 3.30. The number of hydrogen-bond donors (Lipinski definition) is 0. The van der Waals surface area contributed by atoms with Crippen molar-refractivity contribution in [1.29, 1.82) is 0 Å². The van der Waals surface area contributed by atoms with Gasteiger partial charge in [0, 0.05) is 6.54 Å². The zero-order chi connectivity index (χ0) is 16.7. The van der Waals surface area contributed by atoms with E-state index in [1.54, 1.807) is 0 Å². The van der Waals surface area contributed by atoms with Crippen molar-refractivity contribution < 1.29 is 13.5 Å². The van der Waals surface area contributed by atoms with E-state index < -0.39 is 0 Å². The van der Waals surface area contributed by atoms with Crippen LogP contribution < -0.4 is 0 Å². The summed E-state index contributed by atoms with van der Waals surface area (Å²) in [7, 11) is 0. The average molecular weight is 328 g/mol. The first-order valence-corrected chi connectivity index (χ1v) is 8.18. The Morgan fingerprint density at radius 1 is 1.17 bits per heavy atom. The van der Waals surface area contributed by atoms with Gasteiger partial charge in [-0.15, -0.1) is 0 Å². The van der Waals surface area contributed by atoms with Crippen molar-refractivity contribution in [2.24, 2.45) is 0 Å². The van der Waals surface area contributed by atoms with E-state index in [2.05, 4.69) is 20.2 Å². The lowest BCUT2D eigenvalue weighted by molar-refractivity contribution is 0.228. The van der Waals surface area contributed by atoms with Gasteiger partial charge in [0.2, 0.25) is 0 Å². The van der Waals surface area contributed by atoms with Crippen LogP contribution in [0.25, 0.3) is 11.7 Å². The van der Waals surface area contributed by atoms with Gasteiger partial charge >= 0.3 is 0 Å². The monoisotopic (exact) mass is 328 g/mol. The fourth-order valence-corrected chi connectivity index (χ4v) is 3.29. The summed E-state index contributed by atoms with van der Waals surface area (Å²) in [5, 5.41) is 7.99. The van der Waals surface area contributed by atoms with Crippen LogP contribution in [-0.2, 0) is 6.54 Å². The second kappa shape index (κ2) is 5.90. The Labute approximate surface area is 139 Å². The third kappa shape index (κ3) is 2.65. The number of furan rings is 1. The fourth-order valence-electron chi connectivity index (χ4n) is 3.29. The lowest BCUT2D eigenvalue weighted by Crippen LogP contribution is -2.24. The second-order valence-corrected chi connectivity index (χ2v) is 6.30. The van der Waals surface area contributed by atoms with Crippen LogP contribution in [0.5, 0.6) is 0 Å². The summed E-state index contributed by atoms with van der Waals surface area (Å²) >= 11 is 0. The van der Waals surface area contributed by atoms with Gasteiger partial charge in [0.1, 0.15) is 22.9 Å². The van der Waals surface area contributed by atoms with Crippen molar-refractivity contribution in [1.82, 2.24) is 20.2 Å². The number of aromatic nitrogens is 3. The van der Waals surface area contributed by atoms with Gasteiger partial charge in [-0.1, -0.05) is 10.3 Å². The molecule has 0 saturated carbocycles. The molecule has 1 aliphatic heterocycles. The highest BCUT2D eigenvalue weighted by molar-refractivity contribution is 5.45. The van der Waals surface area contributed by atoms with Crippen LogP contribution in [0.2, 0.25) is 0 Å². The van der Waals surface area contributed by atoms with Crippen molar-refractivity contribution >= 4 is 0 Å². The van der Waals surface area contributed by atoms with E-state index in [1.807, 2.05) is 32.9 Å². The summed E-state index contributed by atoms with van der Waals surface area (Å²) in [5.74, 6) is 2.86. The molecule has 0 bridgehead atoms. The van der Waals surface area contributed by atoms with Crippen molar-refractivity contribution in [2.75, 3.05) is 6.54 Å². The Kier molecular flexibility index (Phi) is 3.72.